The van der Waals surface area contributed by atoms with E-state index in [2.05, 4.69) is 23.6 Å². The summed E-state index contributed by atoms with van der Waals surface area (Å²) in [4.78, 5) is 14.0. The molecule has 0 saturated carbocycles. The second-order valence-electron chi connectivity index (χ2n) is 7.14. The van der Waals surface area contributed by atoms with Gasteiger partial charge in [0.05, 0.1) is 18.8 Å². The Morgan fingerprint density at radius 2 is 1.93 bits per heavy atom. The second-order valence-corrected chi connectivity index (χ2v) is 8.65. The van der Waals surface area contributed by atoms with Gasteiger partial charge < -0.3 is 14.8 Å². The highest BCUT2D eigenvalue weighted by atomic mass is 32.1. The number of amides is 1. The third-order valence-corrected chi connectivity index (χ3v) is 6.22. The van der Waals surface area contributed by atoms with Gasteiger partial charge in [-0.15, -0.1) is 11.3 Å². The first-order valence-electron chi connectivity index (χ1n) is 10.0. The SMILES string of the molecule is CCOc1cc(OCC)cc(C(=O)NC(=S)Nc2sc3c(c2C#N)CCC(C)C3)c1. The van der Waals surface area contributed by atoms with Crippen LogP contribution in [0.3, 0.4) is 0 Å². The smallest absolute Gasteiger partial charge is 0.257 e. The van der Waals surface area contributed by atoms with E-state index in [0.717, 1.165) is 24.8 Å². The van der Waals surface area contributed by atoms with Crippen molar-refractivity contribution in [2.45, 2.75) is 40.0 Å². The van der Waals surface area contributed by atoms with Crippen LogP contribution < -0.4 is 20.1 Å². The number of rotatable bonds is 6. The third-order valence-electron chi connectivity index (χ3n) is 4.84. The minimum atomic E-state index is -0.372. The summed E-state index contributed by atoms with van der Waals surface area (Å²) in [5, 5.41) is 16.2. The average molecular weight is 444 g/mol. The molecule has 1 aliphatic rings. The van der Waals surface area contributed by atoms with Crippen LogP contribution in [0.4, 0.5) is 5.00 Å². The predicted molar refractivity (Wildman–Crippen MR) is 123 cm³/mol. The van der Waals surface area contributed by atoms with Gasteiger partial charge in [-0.25, -0.2) is 0 Å². The summed E-state index contributed by atoms with van der Waals surface area (Å²) in [7, 11) is 0. The van der Waals surface area contributed by atoms with Gasteiger partial charge in [-0.05, 0) is 68.9 Å². The van der Waals surface area contributed by atoms with Crippen molar-refractivity contribution < 1.29 is 14.3 Å². The first kappa shape index (κ1) is 22.1. The monoisotopic (exact) mass is 443 g/mol. The summed E-state index contributed by atoms with van der Waals surface area (Å²) < 4.78 is 11.1. The Balaban J connectivity index is 1.74. The van der Waals surface area contributed by atoms with Crippen LogP contribution in [0.1, 0.15) is 53.6 Å². The molecule has 3 rings (SSSR count). The lowest BCUT2D eigenvalue weighted by molar-refractivity contribution is 0.0976. The topological polar surface area (TPSA) is 83.4 Å². The fourth-order valence-corrected chi connectivity index (χ4v) is 5.09. The largest absolute Gasteiger partial charge is 0.494 e. The van der Waals surface area contributed by atoms with E-state index in [1.165, 1.54) is 4.88 Å². The molecule has 6 nitrogen and oxygen atoms in total. The lowest BCUT2D eigenvalue weighted by atomic mass is 9.89. The lowest BCUT2D eigenvalue weighted by Gasteiger charge is -2.17. The molecule has 2 N–H and O–H groups in total. The number of nitrogens with zero attached hydrogens (tertiary/aromatic N) is 1. The van der Waals surface area contributed by atoms with Gasteiger partial charge in [0.2, 0.25) is 0 Å². The molecule has 0 aliphatic heterocycles. The fraction of sp³-hybridized carbons (Fsp3) is 0.409. The van der Waals surface area contributed by atoms with E-state index in [9.17, 15) is 10.1 Å². The minimum absolute atomic E-state index is 0.155. The van der Waals surface area contributed by atoms with Crippen LogP contribution in [0.25, 0.3) is 0 Å². The van der Waals surface area contributed by atoms with Gasteiger partial charge in [-0.3, -0.25) is 10.1 Å². The Kier molecular flexibility index (Phi) is 7.29. The van der Waals surface area contributed by atoms with Crippen molar-refractivity contribution in [2.24, 2.45) is 5.92 Å². The van der Waals surface area contributed by atoms with Crippen LogP contribution in [0.15, 0.2) is 18.2 Å². The zero-order chi connectivity index (χ0) is 21.7. The first-order valence-corrected chi connectivity index (χ1v) is 11.2. The molecule has 158 valence electrons. The second kappa shape index (κ2) is 9.92. The number of fused-ring (bicyclic) bond motifs is 1. The van der Waals surface area contributed by atoms with Gasteiger partial charge in [0.1, 0.15) is 22.6 Å². The maximum absolute atomic E-state index is 12.7. The van der Waals surface area contributed by atoms with E-state index in [0.29, 0.717) is 46.8 Å². The predicted octanol–water partition coefficient (Wildman–Crippen LogP) is 4.67. The Hall–Kier alpha value is -2.63. The number of carbonyl (C=O) groups excluding carboxylic acids is 1. The number of nitrogens with one attached hydrogen (secondary N) is 2. The zero-order valence-electron chi connectivity index (χ0n) is 17.3. The maximum Gasteiger partial charge on any atom is 0.257 e. The molecular weight excluding hydrogens is 418 g/mol. The Morgan fingerprint density at radius 3 is 2.53 bits per heavy atom. The van der Waals surface area contributed by atoms with Crippen molar-refractivity contribution in [3.8, 4) is 17.6 Å². The number of hydrogen-bond donors (Lipinski definition) is 2. The molecule has 1 atom stereocenters. The normalized spacial score (nSPS) is 14.9. The summed E-state index contributed by atoms with van der Waals surface area (Å²) in [5.41, 5.74) is 2.13. The van der Waals surface area contributed by atoms with Crippen LogP contribution in [0.5, 0.6) is 11.5 Å². The third kappa shape index (κ3) is 5.10. The van der Waals surface area contributed by atoms with Crippen molar-refractivity contribution in [3.05, 3.63) is 39.8 Å². The lowest BCUT2D eigenvalue weighted by Crippen LogP contribution is -2.34. The molecule has 1 amide bonds. The summed E-state index contributed by atoms with van der Waals surface area (Å²) in [5.74, 6) is 1.35. The molecule has 1 heterocycles. The molecule has 30 heavy (non-hydrogen) atoms. The molecule has 1 aromatic carbocycles. The molecule has 0 fully saturated rings. The Bertz CT molecular complexity index is 970. The quantitative estimate of drug-likeness (QED) is 0.632. The number of thiophene rings is 1. The van der Waals surface area contributed by atoms with Crippen LogP contribution in [-0.4, -0.2) is 24.2 Å². The highest BCUT2D eigenvalue weighted by molar-refractivity contribution is 7.80. The van der Waals surface area contributed by atoms with Gasteiger partial charge in [0.15, 0.2) is 5.11 Å². The van der Waals surface area contributed by atoms with E-state index in [1.807, 2.05) is 13.8 Å². The first-order chi connectivity index (χ1) is 14.4. The Labute approximate surface area is 186 Å². The number of carbonyl (C=O) groups is 1. The minimum Gasteiger partial charge on any atom is -0.494 e. The van der Waals surface area contributed by atoms with Crippen molar-refractivity contribution in [1.82, 2.24) is 5.32 Å². The van der Waals surface area contributed by atoms with Gasteiger partial charge in [-0.2, -0.15) is 5.26 Å². The highest BCUT2D eigenvalue weighted by Gasteiger charge is 2.24. The molecule has 0 bridgehead atoms. The number of benzene rings is 1. The summed E-state index contributed by atoms with van der Waals surface area (Å²) >= 11 is 6.89. The van der Waals surface area contributed by atoms with E-state index in [1.54, 1.807) is 29.5 Å². The number of hydrogen-bond acceptors (Lipinski definition) is 6. The fourth-order valence-electron chi connectivity index (χ4n) is 3.47. The molecule has 8 heteroatoms. The van der Waals surface area contributed by atoms with Gasteiger partial charge in [-0.1, -0.05) is 6.92 Å². The summed E-state index contributed by atoms with van der Waals surface area (Å²) in [6.45, 7) is 6.94. The zero-order valence-corrected chi connectivity index (χ0v) is 19.0. The van der Waals surface area contributed by atoms with Gasteiger partial charge in [0, 0.05) is 16.5 Å². The number of nitriles is 1. The van der Waals surface area contributed by atoms with Crippen LogP contribution >= 0.6 is 23.6 Å². The molecule has 0 spiro atoms. The van der Waals surface area contributed by atoms with Crippen molar-refractivity contribution in [2.75, 3.05) is 18.5 Å². The maximum atomic E-state index is 12.7. The number of ether oxygens (including phenoxy) is 2. The standard InChI is InChI=1S/C22H25N3O3S2/c1-4-27-15-9-14(10-16(11-15)28-5-2)20(26)24-22(29)25-21-18(12-23)17-7-6-13(3)8-19(17)30-21/h9-11,13H,4-8H2,1-3H3,(H2,24,25,26,29). The van der Waals surface area contributed by atoms with Crippen molar-refractivity contribution >= 4 is 39.6 Å². The van der Waals surface area contributed by atoms with Crippen LogP contribution in [0.2, 0.25) is 0 Å². The summed E-state index contributed by atoms with van der Waals surface area (Å²) in [6.07, 6.45) is 2.96. The molecule has 1 aromatic heterocycles. The van der Waals surface area contributed by atoms with Crippen molar-refractivity contribution in [1.29, 1.82) is 5.26 Å². The molecule has 0 radical (unpaired) electrons. The van der Waals surface area contributed by atoms with E-state index < -0.39 is 0 Å². The van der Waals surface area contributed by atoms with Crippen LogP contribution in [0, 0.1) is 17.2 Å². The number of anilines is 1. The Morgan fingerprint density at radius 1 is 1.27 bits per heavy atom. The van der Waals surface area contributed by atoms with E-state index in [4.69, 9.17) is 21.7 Å². The number of thiocarbonyl (C=S) groups is 1. The van der Waals surface area contributed by atoms with Gasteiger partial charge in [0.25, 0.3) is 5.91 Å². The molecule has 1 aliphatic carbocycles. The van der Waals surface area contributed by atoms with Crippen LogP contribution in [-0.2, 0) is 12.8 Å². The molecular formula is C22H25N3O3S2. The highest BCUT2D eigenvalue weighted by Crippen LogP contribution is 2.39. The molecule has 2 aromatic rings. The van der Waals surface area contributed by atoms with E-state index in [-0.39, 0.29) is 11.0 Å². The average Bonchev–Trinajstić information content (AvgIpc) is 3.03. The van der Waals surface area contributed by atoms with Crippen molar-refractivity contribution in [3.63, 3.8) is 0 Å². The molecule has 0 saturated heterocycles. The van der Waals surface area contributed by atoms with E-state index >= 15 is 0 Å². The molecule has 1 unspecified atom stereocenters. The van der Waals surface area contributed by atoms with Gasteiger partial charge >= 0.3 is 0 Å². The summed E-state index contributed by atoms with van der Waals surface area (Å²) in [6, 6.07) is 7.34.